The zero-order valence-electron chi connectivity index (χ0n) is 12.0. The van der Waals surface area contributed by atoms with Crippen LogP contribution in [-0.2, 0) is 4.79 Å². The van der Waals surface area contributed by atoms with Crippen LogP contribution in [0.5, 0.6) is 5.75 Å². The van der Waals surface area contributed by atoms with E-state index in [1.807, 2.05) is 47.8 Å². The number of carbonyl (C=O) groups excluding carboxylic acids is 1. The molecule has 0 bridgehead atoms. The van der Waals surface area contributed by atoms with E-state index in [1.54, 1.807) is 6.20 Å². The smallest absolute Gasteiger partial charge is 0.264 e. The van der Waals surface area contributed by atoms with Crippen molar-refractivity contribution in [2.24, 2.45) is 0 Å². The van der Waals surface area contributed by atoms with Crippen LogP contribution in [0.2, 0.25) is 0 Å². The maximum Gasteiger partial charge on any atom is 0.264 e. The highest BCUT2D eigenvalue weighted by Crippen LogP contribution is 2.20. The van der Waals surface area contributed by atoms with Crippen molar-refractivity contribution in [1.29, 1.82) is 0 Å². The second kappa shape index (κ2) is 7.17. The van der Waals surface area contributed by atoms with Gasteiger partial charge in [-0.05, 0) is 35.1 Å². The molecule has 5 nitrogen and oxygen atoms in total. The van der Waals surface area contributed by atoms with Gasteiger partial charge in [0.15, 0.2) is 16.9 Å². The van der Waals surface area contributed by atoms with Crippen LogP contribution in [-0.4, -0.2) is 22.6 Å². The first-order valence-electron chi connectivity index (χ1n) is 6.82. The number of amides is 1. The predicted molar refractivity (Wildman–Crippen MR) is 95.9 cm³/mol. The fraction of sp³-hybridized carbons (Fsp3) is 0.0625. The molecule has 116 valence electrons. The van der Waals surface area contributed by atoms with Crippen molar-refractivity contribution in [3.63, 3.8) is 0 Å². The van der Waals surface area contributed by atoms with Crippen LogP contribution in [0.25, 0.3) is 10.8 Å². The molecule has 3 rings (SSSR count). The Morgan fingerprint density at radius 2 is 2.04 bits per heavy atom. The Morgan fingerprint density at radius 1 is 1.22 bits per heavy atom. The van der Waals surface area contributed by atoms with E-state index in [1.165, 1.54) is 11.3 Å². The van der Waals surface area contributed by atoms with Gasteiger partial charge in [-0.25, -0.2) is 4.98 Å². The molecule has 0 fully saturated rings. The lowest BCUT2D eigenvalue weighted by Gasteiger charge is -2.09. The molecule has 1 aromatic heterocycles. The highest BCUT2D eigenvalue weighted by atomic mass is 32.1. The molecule has 0 aliphatic heterocycles. The number of fused-ring (bicyclic) bond motifs is 1. The van der Waals surface area contributed by atoms with E-state index >= 15 is 0 Å². The molecule has 0 aliphatic rings. The molecule has 1 heterocycles. The van der Waals surface area contributed by atoms with Crippen LogP contribution in [0.1, 0.15) is 0 Å². The molecular weight excluding hydrogens is 330 g/mol. The second-order valence-corrected chi connectivity index (χ2v) is 5.94. The molecule has 7 heteroatoms. The SMILES string of the molecule is O=C(COc1ccc2ccccc2c1)NC(=S)Nc1nccs1. The third-order valence-corrected chi connectivity index (χ3v) is 3.89. The average molecular weight is 343 g/mol. The van der Waals surface area contributed by atoms with Gasteiger partial charge in [0, 0.05) is 11.6 Å². The number of carbonyl (C=O) groups is 1. The average Bonchev–Trinajstić information content (AvgIpc) is 3.05. The van der Waals surface area contributed by atoms with Crippen molar-refractivity contribution >= 4 is 50.5 Å². The quantitative estimate of drug-likeness (QED) is 0.713. The molecule has 2 N–H and O–H groups in total. The Morgan fingerprint density at radius 3 is 2.83 bits per heavy atom. The molecule has 0 saturated carbocycles. The first kappa shape index (κ1) is 15.4. The number of thiazole rings is 1. The highest BCUT2D eigenvalue weighted by Gasteiger charge is 2.07. The molecule has 0 aliphatic carbocycles. The van der Waals surface area contributed by atoms with Gasteiger partial charge in [0.25, 0.3) is 5.91 Å². The van der Waals surface area contributed by atoms with Crippen molar-refractivity contribution in [2.45, 2.75) is 0 Å². The summed E-state index contributed by atoms with van der Waals surface area (Å²) in [5.41, 5.74) is 0. The van der Waals surface area contributed by atoms with Crippen molar-refractivity contribution in [3.05, 3.63) is 54.0 Å². The topological polar surface area (TPSA) is 63.2 Å². The number of benzene rings is 2. The summed E-state index contributed by atoms with van der Waals surface area (Å²) in [7, 11) is 0. The van der Waals surface area contributed by atoms with E-state index in [0.29, 0.717) is 10.9 Å². The minimum Gasteiger partial charge on any atom is -0.484 e. The van der Waals surface area contributed by atoms with Crippen LogP contribution in [0.4, 0.5) is 5.13 Å². The Hall–Kier alpha value is -2.51. The number of thiocarbonyl (C=S) groups is 1. The van der Waals surface area contributed by atoms with Gasteiger partial charge in [-0.1, -0.05) is 30.3 Å². The maximum atomic E-state index is 11.8. The predicted octanol–water partition coefficient (Wildman–Crippen LogP) is 3.19. The molecular formula is C16H13N3O2S2. The number of hydrogen-bond acceptors (Lipinski definition) is 5. The number of nitrogens with one attached hydrogen (secondary N) is 2. The Labute approximate surface area is 142 Å². The third-order valence-electron chi connectivity index (χ3n) is 3.00. The minimum atomic E-state index is -0.327. The molecule has 0 spiro atoms. The summed E-state index contributed by atoms with van der Waals surface area (Å²) < 4.78 is 5.50. The van der Waals surface area contributed by atoms with E-state index in [2.05, 4.69) is 15.6 Å². The minimum absolute atomic E-state index is 0.113. The highest BCUT2D eigenvalue weighted by molar-refractivity contribution is 7.80. The summed E-state index contributed by atoms with van der Waals surface area (Å²) in [6, 6.07) is 13.6. The molecule has 0 radical (unpaired) electrons. The van der Waals surface area contributed by atoms with Crippen LogP contribution in [0, 0.1) is 0 Å². The number of aromatic nitrogens is 1. The molecule has 0 saturated heterocycles. The summed E-state index contributed by atoms with van der Waals surface area (Å²) in [4.78, 5) is 15.9. The standard InChI is InChI=1S/C16H13N3O2S2/c20-14(18-15(22)19-16-17-7-8-23-16)10-21-13-6-5-11-3-1-2-4-12(11)9-13/h1-9H,10H2,(H2,17,18,19,20,22). The van der Waals surface area contributed by atoms with Gasteiger partial charge in [0.2, 0.25) is 0 Å². The first-order chi connectivity index (χ1) is 11.2. The van der Waals surface area contributed by atoms with E-state index in [4.69, 9.17) is 17.0 Å². The number of hydrogen-bond donors (Lipinski definition) is 2. The van der Waals surface area contributed by atoms with E-state index in [0.717, 1.165) is 10.8 Å². The van der Waals surface area contributed by atoms with Crippen LogP contribution < -0.4 is 15.4 Å². The number of anilines is 1. The van der Waals surface area contributed by atoms with Gasteiger partial charge in [-0.15, -0.1) is 11.3 Å². The maximum absolute atomic E-state index is 11.8. The summed E-state index contributed by atoms with van der Waals surface area (Å²) in [6.45, 7) is -0.113. The van der Waals surface area contributed by atoms with Crippen molar-refractivity contribution in [1.82, 2.24) is 10.3 Å². The molecule has 1 amide bonds. The molecule has 0 atom stereocenters. The van der Waals surface area contributed by atoms with Gasteiger partial charge < -0.3 is 10.1 Å². The zero-order valence-corrected chi connectivity index (χ0v) is 13.6. The van der Waals surface area contributed by atoms with Crippen molar-refractivity contribution in [2.75, 3.05) is 11.9 Å². The first-order valence-corrected chi connectivity index (χ1v) is 8.11. The van der Waals surface area contributed by atoms with Crippen molar-refractivity contribution < 1.29 is 9.53 Å². The van der Waals surface area contributed by atoms with Gasteiger partial charge in [0.1, 0.15) is 5.75 Å². The van der Waals surface area contributed by atoms with E-state index < -0.39 is 0 Å². The Kier molecular flexibility index (Phi) is 4.80. The lowest BCUT2D eigenvalue weighted by molar-refractivity contribution is -0.121. The Bertz CT molecular complexity index is 834. The fourth-order valence-electron chi connectivity index (χ4n) is 1.98. The second-order valence-electron chi connectivity index (χ2n) is 4.64. The summed E-state index contributed by atoms with van der Waals surface area (Å²) in [6.07, 6.45) is 1.65. The van der Waals surface area contributed by atoms with Crippen molar-refractivity contribution in [3.8, 4) is 5.75 Å². The van der Waals surface area contributed by atoms with Gasteiger partial charge in [-0.3, -0.25) is 10.1 Å². The largest absolute Gasteiger partial charge is 0.484 e. The van der Waals surface area contributed by atoms with Gasteiger partial charge >= 0.3 is 0 Å². The fourth-order valence-corrected chi connectivity index (χ4v) is 2.79. The molecule has 0 unspecified atom stereocenters. The normalized spacial score (nSPS) is 10.3. The zero-order chi connectivity index (χ0) is 16.1. The summed E-state index contributed by atoms with van der Waals surface area (Å²) in [5, 5.41) is 10.2. The van der Waals surface area contributed by atoms with Gasteiger partial charge in [0.05, 0.1) is 0 Å². The molecule has 23 heavy (non-hydrogen) atoms. The van der Waals surface area contributed by atoms with Crippen LogP contribution in [0.15, 0.2) is 54.0 Å². The van der Waals surface area contributed by atoms with Crippen LogP contribution in [0.3, 0.4) is 0 Å². The monoisotopic (exact) mass is 343 g/mol. The third kappa shape index (κ3) is 4.24. The van der Waals surface area contributed by atoms with Gasteiger partial charge in [-0.2, -0.15) is 0 Å². The molecule has 2 aromatic carbocycles. The number of rotatable bonds is 4. The lowest BCUT2D eigenvalue weighted by Crippen LogP contribution is -2.37. The number of ether oxygens (including phenoxy) is 1. The Balaban J connectivity index is 1.52. The molecule has 3 aromatic rings. The summed E-state index contributed by atoms with van der Waals surface area (Å²) >= 11 is 6.44. The van der Waals surface area contributed by atoms with E-state index in [9.17, 15) is 4.79 Å². The lowest BCUT2D eigenvalue weighted by atomic mass is 10.1. The number of nitrogens with zero attached hydrogens (tertiary/aromatic N) is 1. The van der Waals surface area contributed by atoms with Crippen LogP contribution >= 0.6 is 23.6 Å². The summed E-state index contributed by atoms with van der Waals surface area (Å²) in [5.74, 6) is 0.310. The van der Waals surface area contributed by atoms with E-state index in [-0.39, 0.29) is 17.6 Å².